The highest BCUT2D eigenvalue weighted by Crippen LogP contribution is 2.24. The Hall–Kier alpha value is -2.62. The van der Waals surface area contributed by atoms with Crippen LogP contribution in [0, 0.1) is 0 Å². The van der Waals surface area contributed by atoms with Crippen LogP contribution in [-0.4, -0.2) is 35.5 Å². The Labute approximate surface area is 155 Å². The van der Waals surface area contributed by atoms with Crippen molar-refractivity contribution < 1.29 is 9.53 Å². The zero-order chi connectivity index (χ0) is 18.2. The van der Waals surface area contributed by atoms with E-state index in [1.807, 2.05) is 55.6 Å². The summed E-state index contributed by atoms with van der Waals surface area (Å²) < 4.78 is 6.02. The molecule has 0 atom stereocenters. The first-order chi connectivity index (χ1) is 12.7. The summed E-state index contributed by atoms with van der Waals surface area (Å²) in [6, 6.07) is 13.8. The molecule has 1 aliphatic carbocycles. The third kappa shape index (κ3) is 5.45. The summed E-state index contributed by atoms with van der Waals surface area (Å²) in [6.45, 7) is 0.644. The van der Waals surface area contributed by atoms with Crippen molar-refractivity contribution in [2.75, 3.05) is 13.6 Å². The lowest BCUT2D eigenvalue weighted by molar-refractivity contribution is -0.124. The summed E-state index contributed by atoms with van der Waals surface area (Å²) >= 11 is 0. The quantitative estimate of drug-likeness (QED) is 0.706. The number of hydrogen-bond donors (Lipinski definition) is 0. The molecule has 2 aromatic rings. The highest BCUT2D eigenvalue weighted by atomic mass is 16.5. The first kappa shape index (κ1) is 18.2. The summed E-state index contributed by atoms with van der Waals surface area (Å²) in [7, 11) is 1.81. The van der Waals surface area contributed by atoms with Gasteiger partial charge in [0, 0.05) is 38.0 Å². The van der Waals surface area contributed by atoms with Gasteiger partial charge in [0.15, 0.2) is 0 Å². The van der Waals surface area contributed by atoms with Crippen LogP contribution >= 0.6 is 0 Å². The van der Waals surface area contributed by atoms with Gasteiger partial charge in [0.2, 0.25) is 5.91 Å². The van der Waals surface area contributed by atoms with Crippen LogP contribution in [0.2, 0.25) is 0 Å². The van der Waals surface area contributed by atoms with E-state index >= 15 is 0 Å². The molecule has 0 spiro atoms. The Kier molecular flexibility index (Phi) is 6.42. The van der Waals surface area contributed by atoms with E-state index in [0.29, 0.717) is 12.6 Å². The second kappa shape index (κ2) is 9.18. The van der Waals surface area contributed by atoms with Gasteiger partial charge in [0.25, 0.3) is 0 Å². The molecule has 4 heteroatoms. The number of carbonyl (C=O) groups is 1. The number of carbonyl (C=O) groups excluding carboxylic acids is 1. The SMILES string of the molecule is CN(CCc1ccccn1)C(=O)/C=C/c1cccc(OC2CCCC2)c1. The first-order valence-electron chi connectivity index (χ1n) is 9.30. The van der Waals surface area contributed by atoms with E-state index in [9.17, 15) is 4.79 Å². The van der Waals surface area contributed by atoms with Gasteiger partial charge in [0.1, 0.15) is 5.75 Å². The van der Waals surface area contributed by atoms with E-state index in [-0.39, 0.29) is 5.91 Å². The maximum absolute atomic E-state index is 12.3. The van der Waals surface area contributed by atoms with Gasteiger partial charge < -0.3 is 9.64 Å². The molecule has 136 valence electrons. The summed E-state index contributed by atoms with van der Waals surface area (Å²) in [4.78, 5) is 18.3. The van der Waals surface area contributed by atoms with Crippen LogP contribution in [0.4, 0.5) is 0 Å². The lowest BCUT2D eigenvalue weighted by Gasteiger charge is -2.15. The fourth-order valence-electron chi connectivity index (χ4n) is 3.12. The molecule has 1 fully saturated rings. The minimum atomic E-state index is -0.0111. The summed E-state index contributed by atoms with van der Waals surface area (Å²) in [6.07, 6.45) is 11.1. The van der Waals surface area contributed by atoms with Gasteiger partial charge in [-0.1, -0.05) is 18.2 Å². The van der Waals surface area contributed by atoms with Crippen LogP contribution in [0.1, 0.15) is 36.9 Å². The van der Waals surface area contributed by atoms with Crippen LogP contribution in [0.15, 0.2) is 54.7 Å². The Morgan fingerprint density at radius 3 is 2.85 bits per heavy atom. The maximum atomic E-state index is 12.3. The average molecular weight is 350 g/mol. The van der Waals surface area contributed by atoms with Crippen molar-refractivity contribution in [3.63, 3.8) is 0 Å². The Morgan fingerprint density at radius 2 is 2.08 bits per heavy atom. The predicted molar refractivity (Wildman–Crippen MR) is 104 cm³/mol. The van der Waals surface area contributed by atoms with Crippen LogP contribution in [0.25, 0.3) is 6.08 Å². The largest absolute Gasteiger partial charge is 0.490 e. The van der Waals surface area contributed by atoms with E-state index in [0.717, 1.165) is 36.3 Å². The van der Waals surface area contributed by atoms with Crippen molar-refractivity contribution in [3.8, 4) is 5.75 Å². The number of hydrogen-bond acceptors (Lipinski definition) is 3. The van der Waals surface area contributed by atoms with Crippen molar-refractivity contribution >= 4 is 12.0 Å². The Morgan fingerprint density at radius 1 is 1.23 bits per heavy atom. The lowest BCUT2D eigenvalue weighted by Crippen LogP contribution is -2.27. The average Bonchev–Trinajstić information content (AvgIpc) is 3.18. The lowest BCUT2D eigenvalue weighted by atomic mass is 10.2. The molecule has 26 heavy (non-hydrogen) atoms. The summed E-state index contributed by atoms with van der Waals surface area (Å²) in [5.74, 6) is 0.873. The van der Waals surface area contributed by atoms with E-state index in [2.05, 4.69) is 4.98 Å². The molecule has 1 saturated carbocycles. The topological polar surface area (TPSA) is 42.4 Å². The number of benzene rings is 1. The highest BCUT2D eigenvalue weighted by Gasteiger charge is 2.16. The van der Waals surface area contributed by atoms with Gasteiger partial charge in [-0.25, -0.2) is 0 Å². The van der Waals surface area contributed by atoms with Crippen molar-refractivity contribution in [2.24, 2.45) is 0 Å². The van der Waals surface area contributed by atoms with Gasteiger partial charge in [-0.15, -0.1) is 0 Å². The first-order valence-corrected chi connectivity index (χ1v) is 9.30. The molecular weight excluding hydrogens is 324 g/mol. The molecule has 0 aliphatic heterocycles. The molecule has 3 rings (SSSR count). The number of likely N-dealkylation sites (N-methyl/N-ethyl adjacent to an activating group) is 1. The number of pyridine rings is 1. The van der Waals surface area contributed by atoms with Crippen LogP contribution in [0.5, 0.6) is 5.75 Å². The van der Waals surface area contributed by atoms with Gasteiger partial charge in [-0.3, -0.25) is 9.78 Å². The highest BCUT2D eigenvalue weighted by molar-refractivity contribution is 5.91. The smallest absolute Gasteiger partial charge is 0.246 e. The molecule has 1 heterocycles. The normalized spacial score (nSPS) is 14.7. The van der Waals surface area contributed by atoms with Gasteiger partial charge in [0.05, 0.1) is 6.10 Å². The van der Waals surface area contributed by atoms with Crippen molar-refractivity contribution in [1.82, 2.24) is 9.88 Å². The summed E-state index contributed by atoms with van der Waals surface area (Å²) in [5.41, 5.74) is 1.97. The number of amides is 1. The van der Waals surface area contributed by atoms with Crippen LogP contribution < -0.4 is 4.74 Å². The summed E-state index contributed by atoms with van der Waals surface area (Å²) in [5, 5.41) is 0. The Balaban J connectivity index is 1.52. The molecule has 1 aromatic heterocycles. The van der Waals surface area contributed by atoms with Crippen molar-refractivity contribution in [3.05, 3.63) is 66.0 Å². The molecule has 1 amide bonds. The van der Waals surface area contributed by atoms with Crippen LogP contribution in [0.3, 0.4) is 0 Å². The van der Waals surface area contributed by atoms with E-state index in [1.54, 1.807) is 17.2 Å². The van der Waals surface area contributed by atoms with E-state index in [1.165, 1.54) is 12.8 Å². The van der Waals surface area contributed by atoms with Gasteiger partial charge in [-0.2, -0.15) is 0 Å². The van der Waals surface area contributed by atoms with Gasteiger partial charge >= 0.3 is 0 Å². The third-order valence-corrected chi connectivity index (χ3v) is 4.69. The molecule has 1 aromatic carbocycles. The molecule has 0 saturated heterocycles. The number of rotatable bonds is 7. The fraction of sp³-hybridized carbons (Fsp3) is 0.364. The van der Waals surface area contributed by atoms with E-state index in [4.69, 9.17) is 4.74 Å². The third-order valence-electron chi connectivity index (χ3n) is 4.69. The number of aromatic nitrogens is 1. The molecule has 4 nitrogen and oxygen atoms in total. The maximum Gasteiger partial charge on any atom is 0.246 e. The van der Waals surface area contributed by atoms with Gasteiger partial charge in [-0.05, 0) is 61.6 Å². The Bertz CT molecular complexity index is 737. The zero-order valence-electron chi connectivity index (χ0n) is 15.3. The molecule has 0 N–H and O–H groups in total. The monoisotopic (exact) mass is 350 g/mol. The minimum Gasteiger partial charge on any atom is -0.490 e. The zero-order valence-corrected chi connectivity index (χ0v) is 15.3. The molecule has 1 aliphatic rings. The molecular formula is C22H26N2O2. The molecule has 0 bridgehead atoms. The molecule has 0 radical (unpaired) electrons. The standard InChI is InChI=1S/C22H26N2O2/c1-24(16-14-19-8-4-5-15-23-19)22(25)13-12-18-7-6-11-21(17-18)26-20-9-2-3-10-20/h4-8,11-13,15,17,20H,2-3,9-10,14,16H2,1H3/b13-12+. The second-order valence-electron chi connectivity index (χ2n) is 6.76. The number of ether oxygens (including phenoxy) is 1. The predicted octanol–water partition coefficient (Wildman–Crippen LogP) is 4.12. The van der Waals surface area contributed by atoms with Crippen LogP contribution in [-0.2, 0) is 11.2 Å². The van der Waals surface area contributed by atoms with E-state index < -0.39 is 0 Å². The minimum absolute atomic E-state index is 0.0111. The fourth-order valence-corrected chi connectivity index (χ4v) is 3.12. The number of nitrogens with zero attached hydrogens (tertiary/aromatic N) is 2. The second-order valence-corrected chi connectivity index (χ2v) is 6.76. The van der Waals surface area contributed by atoms with Crippen molar-refractivity contribution in [2.45, 2.75) is 38.2 Å². The van der Waals surface area contributed by atoms with Crippen molar-refractivity contribution in [1.29, 1.82) is 0 Å². The molecule has 0 unspecified atom stereocenters.